The molecule has 0 amide bonds. The molecule has 1 heterocycles. The molecule has 12 nitrogen and oxygen atoms in total. The van der Waals surface area contributed by atoms with Crippen molar-refractivity contribution in [1.29, 1.82) is 0 Å². The summed E-state index contributed by atoms with van der Waals surface area (Å²) < 4.78 is 31.3. The molecule has 37 heavy (non-hydrogen) atoms. The lowest BCUT2D eigenvalue weighted by Crippen LogP contribution is -2.15. The molecule has 0 radical (unpaired) electrons. The van der Waals surface area contributed by atoms with E-state index in [1.807, 2.05) is 0 Å². The molecule has 0 saturated carbocycles. The van der Waals surface area contributed by atoms with Crippen LogP contribution in [0, 0.1) is 0 Å². The van der Waals surface area contributed by atoms with E-state index >= 15 is 0 Å². The monoisotopic (exact) mass is 512 g/mol. The lowest BCUT2D eigenvalue weighted by atomic mass is 10.1. The van der Waals surface area contributed by atoms with Crippen LogP contribution in [0.4, 0.5) is 0 Å². The fraction of sp³-hybridized carbons (Fsp3) is 0.200. The molecule has 192 valence electrons. The van der Waals surface area contributed by atoms with Gasteiger partial charge >= 0.3 is 29.8 Å². The van der Waals surface area contributed by atoms with Gasteiger partial charge in [-0.05, 0) is 18.2 Å². The van der Waals surface area contributed by atoms with Crippen molar-refractivity contribution in [2.24, 2.45) is 0 Å². The standard InChI is InChI=1S/C25H20O12/c1-11(26)32-17-9-20(35-14(4)29)22-21(10-17)37-24(25(23(22)31)36-15(5)30)16-6-7-18(33-12(2)27)19(8-16)34-13(3)28/h6-10H,1-5H3. The summed E-state index contributed by atoms with van der Waals surface area (Å²) in [6.07, 6.45) is 0. The quantitative estimate of drug-likeness (QED) is 0.351. The Kier molecular flexibility index (Phi) is 7.71. The van der Waals surface area contributed by atoms with E-state index in [1.54, 1.807) is 0 Å². The number of carbonyl (C=O) groups excluding carboxylic acids is 5. The van der Waals surface area contributed by atoms with Crippen LogP contribution in [0.5, 0.6) is 28.7 Å². The van der Waals surface area contributed by atoms with Gasteiger partial charge in [-0.1, -0.05) is 0 Å². The van der Waals surface area contributed by atoms with Crippen LogP contribution in [0.2, 0.25) is 0 Å². The van der Waals surface area contributed by atoms with E-state index in [1.165, 1.54) is 24.3 Å². The van der Waals surface area contributed by atoms with Crippen LogP contribution in [-0.2, 0) is 24.0 Å². The van der Waals surface area contributed by atoms with Crippen molar-refractivity contribution in [2.45, 2.75) is 34.6 Å². The minimum Gasteiger partial charge on any atom is -0.452 e. The molecule has 12 heteroatoms. The Balaban J connectivity index is 2.38. The van der Waals surface area contributed by atoms with Gasteiger partial charge in [-0.15, -0.1) is 0 Å². The minimum absolute atomic E-state index is 0.0781. The first kappa shape index (κ1) is 26.6. The highest BCUT2D eigenvalue weighted by Gasteiger charge is 2.25. The number of hydrogen-bond acceptors (Lipinski definition) is 12. The first-order chi connectivity index (χ1) is 17.3. The minimum atomic E-state index is -0.893. The Hall–Kier alpha value is -5.00. The van der Waals surface area contributed by atoms with Crippen LogP contribution in [0.25, 0.3) is 22.3 Å². The van der Waals surface area contributed by atoms with Gasteiger partial charge in [0.1, 0.15) is 22.5 Å². The number of ether oxygens (including phenoxy) is 5. The third-order valence-corrected chi connectivity index (χ3v) is 4.37. The molecule has 1 aromatic heterocycles. The highest BCUT2D eigenvalue weighted by Crippen LogP contribution is 2.39. The maximum atomic E-state index is 13.5. The molecule has 2 aromatic carbocycles. The number of benzene rings is 2. The van der Waals surface area contributed by atoms with Crippen molar-refractivity contribution in [2.75, 3.05) is 0 Å². The fourth-order valence-corrected chi connectivity index (χ4v) is 3.25. The maximum absolute atomic E-state index is 13.5. The molecule has 0 spiro atoms. The summed E-state index contributed by atoms with van der Waals surface area (Å²) in [5.41, 5.74) is -1.01. The lowest BCUT2D eigenvalue weighted by Gasteiger charge is -2.14. The van der Waals surface area contributed by atoms with Crippen molar-refractivity contribution in [1.82, 2.24) is 0 Å². The molecule has 0 unspecified atom stereocenters. The molecule has 0 N–H and O–H groups in total. The van der Waals surface area contributed by atoms with Crippen molar-refractivity contribution in [3.05, 3.63) is 40.6 Å². The van der Waals surface area contributed by atoms with Crippen molar-refractivity contribution >= 4 is 40.8 Å². The van der Waals surface area contributed by atoms with Crippen molar-refractivity contribution in [3.63, 3.8) is 0 Å². The molecule has 0 atom stereocenters. The fourth-order valence-electron chi connectivity index (χ4n) is 3.25. The predicted octanol–water partition coefficient (Wildman–Crippen LogP) is 3.09. The van der Waals surface area contributed by atoms with Gasteiger partial charge in [-0.2, -0.15) is 0 Å². The topological polar surface area (TPSA) is 162 Å². The SMILES string of the molecule is CC(=O)Oc1cc(OC(C)=O)c2c(=O)c(OC(C)=O)c(-c3ccc(OC(C)=O)c(OC(C)=O)c3)oc2c1. The number of rotatable bonds is 6. The molecule has 0 aliphatic heterocycles. The maximum Gasteiger partial charge on any atom is 0.308 e. The molecule has 3 rings (SSSR count). The molecule has 0 aliphatic rings. The van der Waals surface area contributed by atoms with E-state index in [0.717, 1.165) is 40.7 Å². The summed E-state index contributed by atoms with van der Waals surface area (Å²) >= 11 is 0. The lowest BCUT2D eigenvalue weighted by molar-refractivity contribution is -0.134. The first-order valence-electron chi connectivity index (χ1n) is 10.6. The second-order valence-electron chi connectivity index (χ2n) is 7.51. The van der Waals surface area contributed by atoms with E-state index in [9.17, 15) is 28.8 Å². The van der Waals surface area contributed by atoms with Gasteiger partial charge in [0.25, 0.3) is 0 Å². The van der Waals surface area contributed by atoms with Crippen LogP contribution in [-0.4, -0.2) is 29.8 Å². The molecule has 3 aromatic rings. The number of hydrogen-bond donors (Lipinski definition) is 0. The van der Waals surface area contributed by atoms with Gasteiger partial charge in [0.15, 0.2) is 17.3 Å². The van der Waals surface area contributed by atoms with Crippen LogP contribution in [0.1, 0.15) is 34.6 Å². The van der Waals surface area contributed by atoms with E-state index < -0.39 is 41.0 Å². The van der Waals surface area contributed by atoms with Crippen LogP contribution >= 0.6 is 0 Å². The Labute approximate surface area is 208 Å². The zero-order chi connectivity index (χ0) is 27.4. The van der Waals surface area contributed by atoms with Crippen molar-refractivity contribution in [3.8, 4) is 40.1 Å². The Bertz CT molecular complexity index is 1510. The normalized spacial score (nSPS) is 10.4. The zero-order valence-electron chi connectivity index (χ0n) is 20.3. The third kappa shape index (κ3) is 6.36. The summed E-state index contributed by atoms with van der Waals surface area (Å²) in [6.45, 7) is 5.56. The summed E-state index contributed by atoms with van der Waals surface area (Å²) in [7, 11) is 0. The second-order valence-corrected chi connectivity index (χ2v) is 7.51. The largest absolute Gasteiger partial charge is 0.452 e. The van der Waals surface area contributed by atoms with Crippen LogP contribution < -0.4 is 29.1 Å². The summed E-state index contributed by atoms with van der Waals surface area (Å²) in [4.78, 5) is 71.5. The first-order valence-corrected chi connectivity index (χ1v) is 10.6. The number of fused-ring (bicyclic) bond motifs is 1. The van der Waals surface area contributed by atoms with Gasteiger partial charge in [0, 0.05) is 52.3 Å². The zero-order valence-corrected chi connectivity index (χ0v) is 20.3. The van der Waals surface area contributed by atoms with Crippen molar-refractivity contribution < 1.29 is 52.1 Å². The van der Waals surface area contributed by atoms with Gasteiger partial charge < -0.3 is 28.1 Å². The van der Waals surface area contributed by atoms with E-state index in [-0.39, 0.29) is 45.3 Å². The van der Waals surface area contributed by atoms with Gasteiger partial charge in [-0.3, -0.25) is 28.8 Å². The average molecular weight is 512 g/mol. The van der Waals surface area contributed by atoms with Gasteiger partial charge in [-0.25, -0.2) is 0 Å². The summed E-state index contributed by atoms with van der Waals surface area (Å²) in [6, 6.07) is 6.18. The average Bonchev–Trinajstić information content (AvgIpc) is 2.74. The molecular formula is C25H20O12. The Morgan fingerprint density at radius 2 is 1.16 bits per heavy atom. The predicted molar refractivity (Wildman–Crippen MR) is 124 cm³/mol. The number of carbonyl (C=O) groups is 5. The van der Waals surface area contributed by atoms with E-state index in [2.05, 4.69) is 0 Å². The Morgan fingerprint density at radius 3 is 1.73 bits per heavy atom. The molecule has 0 aliphatic carbocycles. The highest BCUT2D eigenvalue weighted by molar-refractivity contribution is 5.92. The summed E-state index contributed by atoms with van der Waals surface area (Å²) in [5, 5.41) is -0.275. The smallest absolute Gasteiger partial charge is 0.308 e. The van der Waals surface area contributed by atoms with Gasteiger partial charge in [0.2, 0.25) is 11.2 Å². The van der Waals surface area contributed by atoms with E-state index in [4.69, 9.17) is 28.1 Å². The molecular weight excluding hydrogens is 492 g/mol. The summed E-state index contributed by atoms with van der Waals surface area (Å²) in [5.74, 6) is -5.31. The highest BCUT2D eigenvalue weighted by atomic mass is 16.6. The van der Waals surface area contributed by atoms with E-state index in [0.29, 0.717) is 0 Å². The molecule has 0 saturated heterocycles. The van der Waals surface area contributed by atoms with Crippen LogP contribution in [0.3, 0.4) is 0 Å². The Morgan fingerprint density at radius 1 is 0.622 bits per heavy atom. The molecule has 0 fully saturated rings. The number of esters is 5. The second kappa shape index (κ2) is 10.7. The van der Waals surface area contributed by atoms with Gasteiger partial charge in [0.05, 0.1) is 0 Å². The third-order valence-electron chi connectivity index (χ3n) is 4.37. The van der Waals surface area contributed by atoms with Crippen LogP contribution in [0.15, 0.2) is 39.5 Å². The molecule has 0 bridgehead atoms.